The molecule has 4 atom stereocenters. The van der Waals surface area contributed by atoms with Crippen molar-refractivity contribution in [1.82, 2.24) is 10.0 Å². The molecule has 0 spiro atoms. The van der Waals surface area contributed by atoms with E-state index in [0.29, 0.717) is 24.3 Å². The van der Waals surface area contributed by atoms with Gasteiger partial charge in [0.1, 0.15) is 18.0 Å². The molecule has 216 valence electrons. The number of alkyl halides is 2. The number of amides is 3. The lowest BCUT2D eigenvalue weighted by Crippen LogP contribution is -2.52. The lowest BCUT2D eigenvalue weighted by Gasteiger charge is -2.30. The lowest BCUT2D eigenvalue weighted by molar-refractivity contribution is -0.384. The number of nitro benzene ring substituents is 1. The van der Waals surface area contributed by atoms with Crippen molar-refractivity contribution in [2.24, 2.45) is 11.8 Å². The van der Waals surface area contributed by atoms with E-state index in [9.17, 15) is 29.3 Å². The van der Waals surface area contributed by atoms with E-state index < -0.39 is 46.8 Å². The minimum Gasteiger partial charge on any atom is -0.457 e. The molecule has 0 N–H and O–H groups in total. The van der Waals surface area contributed by atoms with Crippen LogP contribution in [-0.4, -0.2) is 54.6 Å². The number of hydrogen-bond acceptors (Lipinski definition) is 7. The number of ether oxygens (including phenoxy) is 1. The van der Waals surface area contributed by atoms with Crippen molar-refractivity contribution in [3.8, 4) is 11.5 Å². The maximum absolute atomic E-state index is 13.7. The monoisotopic (exact) mass is 717 g/mol. The van der Waals surface area contributed by atoms with Crippen LogP contribution in [0, 0.1) is 22.0 Å². The second-order valence-electron chi connectivity index (χ2n) is 9.85. The van der Waals surface area contributed by atoms with Crippen LogP contribution in [-0.2, 0) is 9.59 Å². The van der Waals surface area contributed by atoms with Gasteiger partial charge in [0, 0.05) is 27.4 Å². The van der Waals surface area contributed by atoms with Crippen LogP contribution < -0.4 is 4.74 Å². The Morgan fingerprint density at radius 2 is 1.43 bits per heavy atom. The molecule has 1 aliphatic carbocycles. The molecule has 13 heteroatoms. The number of non-ortho nitro benzene ring substituents is 1. The molecular formula is C29H22Br2ClN3O7. The van der Waals surface area contributed by atoms with Crippen molar-refractivity contribution in [2.45, 2.75) is 22.5 Å². The van der Waals surface area contributed by atoms with E-state index in [1.165, 1.54) is 60.7 Å². The fourth-order valence-electron chi connectivity index (χ4n) is 5.03. The summed E-state index contributed by atoms with van der Waals surface area (Å²) >= 11 is 13.4. The van der Waals surface area contributed by atoms with Gasteiger partial charge in [-0.25, -0.2) is 5.01 Å². The number of hydrazine groups is 1. The van der Waals surface area contributed by atoms with Gasteiger partial charge in [0.15, 0.2) is 5.78 Å². The molecule has 0 bridgehead atoms. The van der Waals surface area contributed by atoms with E-state index in [-0.39, 0.29) is 31.5 Å². The highest BCUT2D eigenvalue weighted by Crippen LogP contribution is 2.44. The van der Waals surface area contributed by atoms with Gasteiger partial charge in [-0.3, -0.25) is 29.3 Å². The van der Waals surface area contributed by atoms with Gasteiger partial charge < -0.3 is 4.74 Å². The highest BCUT2D eigenvalue weighted by molar-refractivity contribution is 9.12. The highest BCUT2D eigenvalue weighted by Gasteiger charge is 2.54. The Labute approximate surface area is 261 Å². The number of carbonyl (C=O) groups excluding carboxylic acids is 4. The number of Topliss-reactive ketones (excluding diaryl/α,β-unsaturated/α-hetero) is 1. The Morgan fingerprint density at radius 1 is 0.905 bits per heavy atom. The van der Waals surface area contributed by atoms with Gasteiger partial charge in [-0.2, -0.15) is 5.01 Å². The number of nitrogens with zero attached hydrogens (tertiary/aromatic N) is 3. The first-order valence-corrected chi connectivity index (χ1v) is 15.0. The van der Waals surface area contributed by atoms with E-state index in [1.54, 1.807) is 12.1 Å². The third-order valence-corrected chi connectivity index (χ3v) is 10.3. The van der Waals surface area contributed by atoms with Gasteiger partial charge in [0.25, 0.3) is 23.4 Å². The number of imide groups is 1. The van der Waals surface area contributed by atoms with Crippen molar-refractivity contribution in [3.63, 3.8) is 0 Å². The molecule has 0 radical (unpaired) electrons. The molecular weight excluding hydrogens is 698 g/mol. The summed E-state index contributed by atoms with van der Waals surface area (Å²) in [4.78, 5) is 64.5. The molecule has 3 aromatic carbocycles. The summed E-state index contributed by atoms with van der Waals surface area (Å²) in [6.45, 7) is -0.584. The molecule has 2 fully saturated rings. The minimum absolute atomic E-state index is 0.0310. The van der Waals surface area contributed by atoms with Gasteiger partial charge in [0.2, 0.25) is 0 Å². The topological polar surface area (TPSA) is 127 Å². The molecule has 1 saturated heterocycles. The summed E-state index contributed by atoms with van der Waals surface area (Å²) < 4.78 is 5.70. The predicted octanol–water partition coefficient (Wildman–Crippen LogP) is 6.20. The second kappa shape index (κ2) is 12.3. The normalized spacial score (nSPS) is 21.5. The fraction of sp³-hybridized carbons (Fsp3) is 0.241. The molecule has 0 aromatic heterocycles. The molecule has 42 heavy (non-hydrogen) atoms. The van der Waals surface area contributed by atoms with Crippen molar-refractivity contribution < 1.29 is 28.8 Å². The largest absolute Gasteiger partial charge is 0.457 e. The Hall–Kier alpha value is -3.61. The smallest absolute Gasteiger partial charge is 0.274 e. The van der Waals surface area contributed by atoms with Crippen LogP contribution in [0.25, 0.3) is 0 Å². The van der Waals surface area contributed by atoms with Gasteiger partial charge in [-0.15, -0.1) is 0 Å². The SMILES string of the molecule is O=C(CN(C(=O)c1ccccc1Cl)N1C(=O)[C@H]2C[C@H](Br)[C@@H](Br)C[C@H]2C1=O)c1ccc(Oc2ccc([N+](=O)[O-])cc2)cc1. The first-order valence-electron chi connectivity index (χ1n) is 12.8. The van der Waals surface area contributed by atoms with E-state index in [1.807, 2.05) is 0 Å². The van der Waals surface area contributed by atoms with E-state index in [4.69, 9.17) is 16.3 Å². The average molecular weight is 720 g/mol. The predicted molar refractivity (Wildman–Crippen MR) is 160 cm³/mol. The number of fused-ring (bicyclic) bond motifs is 1. The van der Waals surface area contributed by atoms with Crippen molar-refractivity contribution >= 4 is 72.7 Å². The molecule has 3 aromatic rings. The van der Waals surface area contributed by atoms with Gasteiger partial charge in [-0.05, 0) is 61.4 Å². The van der Waals surface area contributed by atoms with Crippen molar-refractivity contribution in [3.05, 3.63) is 99.1 Å². The van der Waals surface area contributed by atoms with Crippen molar-refractivity contribution in [1.29, 1.82) is 0 Å². The zero-order valence-electron chi connectivity index (χ0n) is 21.7. The van der Waals surface area contributed by atoms with Crippen LogP contribution in [0.4, 0.5) is 5.69 Å². The first kappa shape index (κ1) is 29.9. The first-order chi connectivity index (χ1) is 20.0. The van der Waals surface area contributed by atoms with Crippen LogP contribution in [0.2, 0.25) is 5.02 Å². The molecule has 1 saturated carbocycles. The van der Waals surface area contributed by atoms with Gasteiger partial charge in [-0.1, -0.05) is 55.6 Å². The van der Waals surface area contributed by atoms with E-state index in [0.717, 1.165) is 10.0 Å². The van der Waals surface area contributed by atoms with Crippen LogP contribution in [0.1, 0.15) is 33.6 Å². The van der Waals surface area contributed by atoms with Gasteiger partial charge >= 0.3 is 0 Å². The van der Waals surface area contributed by atoms with Crippen molar-refractivity contribution in [2.75, 3.05) is 6.54 Å². The Kier molecular flexibility index (Phi) is 8.76. The van der Waals surface area contributed by atoms with Crippen LogP contribution in [0.5, 0.6) is 11.5 Å². The summed E-state index contributed by atoms with van der Waals surface area (Å²) in [5, 5.41) is 12.7. The average Bonchev–Trinajstić information content (AvgIpc) is 3.20. The Balaban J connectivity index is 1.39. The number of hydrogen-bond donors (Lipinski definition) is 0. The standard InChI is InChI=1S/C29H22Br2ClN3O7/c30-23-13-21-22(14-24(23)31)29(39)34(28(21)38)33(27(37)20-3-1-2-4-25(20)32)15-26(36)16-5-9-18(10-6-16)42-19-11-7-17(8-12-19)35(40)41/h1-12,21-24H,13-15H2/t21-,22+,23-,24-/m0/s1. The maximum Gasteiger partial charge on any atom is 0.274 e. The summed E-state index contributed by atoms with van der Waals surface area (Å²) in [6.07, 6.45) is 0.805. The number of carbonyl (C=O) groups is 4. The molecule has 5 rings (SSSR count). The Morgan fingerprint density at radius 3 is 1.95 bits per heavy atom. The van der Waals surface area contributed by atoms with Crippen LogP contribution >= 0.6 is 43.5 Å². The summed E-state index contributed by atoms with van der Waals surface area (Å²) in [5.41, 5.74) is 0.180. The zero-order chi connectivity index (χ0) is 30.1. The lowest BCUT2D eigenvalue weighted by atomic mass is 9.81. The second-order valence-corrected chi connectivity index (χ2v) is 12.6. The quantitative estimate of drug-likeness (QED) is 0.0892. The Bertz CT molecular complexity index is 1540. The summed E-state index contributed by atoms with van der Waals surface area (Å²) in [7, 11) is 0. The molecule has 0 unspecified atom stereocenters. The number of ketones is 1. The van der Waals surface area contributed by atoms with Crippen LogP contribution in [0.3, 0.4) is 0 Å². The number of halogens is 3. The van der Waals surface area contributed by atoms with E-state index in [2.05, 4.69) is 31.9 Å². The fourth-order valence-corrected chi connectivity index (χ4v) is 6.48. The minimum atomic E-state index is -0.752. The van der Waals surface area contributed by atoms with Crippen LogP contribution in [0.15, 0.2) is 72.8 Å². The third-order valence-electron chi connectivity index (χ3n) is 7.22. The number of rotatable bonds is 8. The molecule has 1 aliphatic heterocycles. The molecule has 2 aliphatic rings. The number of benzene rings is 3. The number of nitro groups is 1. The third kappa shape index (κ3) is 5.97. The summed E-state index contributed by atoms with van der Waals surface area (Å²) in [5.74, 6) is -2.86. The van der Waals surface area contributed by atoms with E-state index >= 15 is 0 Å². The summed E-state index contributed by atoms with van der Waals surface area (Å²) in [6, 6.07) is 17.8. The highest BCUT2D eigenvalue weighted by atomic mass is 79.9. The van der Waals surface area contributed by atoms with Gasteiger partial charge in [0.05, 0.1) is 27.3 Å². The molecule has 3 amide bonds. The molecule has 10 nitrogen and oxygen atoms in total. The maximum atomic E-state index is 13.7. The zero-order valence-corrected chi connectivity index (χ0v) is 25.6. The molecule has 1 heterocycles.